The summed E-state index contributed by atoms with van der Waals surface area (Å²) in [6.07, 6.45) is 1.75. The smallest absolute Gasteiger partial charge is 0.254 e. The van der Waals surface area contributed by atoms with Crippen molar-refractivity contribution in [2.24, 2.45) is 0 Å². The monoisotopic (exact) mass is 398 g/mol. The maximum Gasteiger partial charge on any atom is 0.254 e. The van der Waals surface area contributed by atoms with Crippen molar-refractivity contribution in [1.82, 2.24) is 15.5 Å². The van der Waals surface area contributed by atoms with E-state index in [-0.39, 0.29) is 11.6 Å². The lowest BCUT2D eigenvalue weighted by Gasteiger charge is -2.33. The fraction of sp³-hybridized carbons (Fsp3) is 0.238. The van der Waals surface area contributed by atoms with Gasteiger partial charge in [0, 0.05) is 30.2 Å². The zero-order valence-corrected chi connectivity index (χ0v) is 15.9. The van der Waals surface area contributed by atoms with Crippen LogP contribution in [0.15, 0.2) is 54.6 Å². The Hall–Kier alpha value is -2.86. The van der Waals surface area contributed by atoms with Gasteiger partial charge in [-0.1, -0.05) is 41.9 Å². The number of carbonyl (C=O) groups is 1. The molecule has 4 rings (SSSR count). The molecule has 7 heteroatoms. The Morgan fingerprint density at radius 3 is 2.86 bits per heavy atom. The van der Waals surface area contributed by atoms with Crippen molar-refractivity contribution in [1.29, 1.82) is 0 Å². The van der Waals surface area contributed by atoms with Gasteiger partial charge in [0.05, 0.1) is 11.3 Å². The Kier molecular flexibility index (Phi) is 5.30. The zero-order chi connectivity index (χ0) is 19.5. The predicted octanol–water partition coefficient (Wildman–Crippen LogP) is 4.27. The summed E-state index contributed by atoms with van der Waals surface area (Å²) in [5.74, 6) is -0.181. The van der Waals surface area contributed by atoms with Crippen LogP contribution < -0.4 is 10.2 Å². The van der Waals surface area contributed by atoms with Crippen molar-refractivity contribution >= 4 is 23.3 Å². The second-order valence-electron chi connectivity index (χ2n) is 6.89. The lowest BCUT2D eigenvalue weighted by molar-refractivity contribution is 0.0929. The summed E-state index contributed by atoms with van der Waals surface area (Å²) >= 11 is 5.89. The molecule has 0 bridgehead atoms. The Balaban J connectivity index is 1.44. The van der Waals surface area contributed by atoms with E-state index in [0.29, 0.717) is 11.6 Å². The molecule has 2 heterocycles. The normalized spacial score (nSPS) is 16.8. The Morgan fingerprint density at radius 2 is 2.04 bits per heavy atom. The second-order valence-corrected chi connectivity index (χ2v) is 7.33. The Labute approximate surface area is 167 Å². The third kappa shape index (κ3) is 4.02. The number of piperidine rings is 1. The van der Waals surface area contributed by atoms with Crippen LogP contribution in [0.2, 0.25) is 5.02 Å². The first-order valence-electron chi connectivity index (χ1n) is 9.22. The molecule has 1 saturated heterocycles. The van der Waals surface area contributed by atoms with Crippen molar-refractivity contribution in [3.63, 3.8) is 0 Å². The highest BCUT2D eigenvalue weighted by Crippen LogP contribution is 2.24. The summed E-state index contributed by atoms with van der Waals surface area (Å²) in [6, 6.07) is 15.9. The minimum absolute atomic E-state index is 0.0317. The molecule has 1 aliphatic rings. The lowest BCUT2D eigenvalue weighted by Crippen LogP contribution is -2.48. The zero-order valence-electron chi connectivity index (χ0n) is 15.2. The molecular weight excluding hydrogens is 379 g/mol. The van der Waals surface area contributed by atoms with Gasteiger partial charge in [-0.25, -0.2) is 4.39 Å². The molecule has 144 valence electrons. The van der Waals surface area contributed by atoms with Gasteiger partial charge in [-0.3, -0.25) is 9.89 Å². The van der Waals surface area contributed by atoms with E-state index >= 15 is 0 Å². The van der Waals surface area contributed by atoms with Crippen molar-refractivity contribution in [2.75, 3.05) is 18.0 Å². The largest absolute Gasteiger partial charge is 0.353 e. The minimum Gasteiger partial charge on any atom is -0.353 e. The summed E-state index contributed by atoms with van der Waals surface area (Å²) in [5.41, 5.74) is 1.98. The predicted molar refractivity (Wildman–Crippen MR) is 108 cm³/mol. The van der Waals surface area contributed by atoms with E-state index in [1.807, 2.05) is 36.4 Å². The standard InChI is InChI=1S/C21H20ClFN4O/c22-15-8-9-18(23)17(11-15)21(28)24-16-7-4-10-27(13-16)20-12-19(25-26-20)14-5-2-1-3-6-14/h1-3,5-6,8-9,11-12,16H,4,7,10,13H2,(H,24,28)(H,25,26)/t16-/m0/s1. The van der Waals surface area contributed by atoms with E-state index in [1.54, 1.807) is 0 Å². The first kappa shape index (κ1) is 18.5. The number of benzene rings is 2. The van der Waals surface area contributed by atoms with Crippen LogP contribution in [0.1, 0.15) is 23.2 Å². The number of amides is 1. The van der Waals surface area contributed by atoms with E-state index in [1.165, 1.54) is 18.2 Å². The van der Waals surface area contributed by atoms with E-state index in [4.69, 9.17) is 11.6 Å². The average Bonchev–Trinajstić information content (AvgIpc) is 3.21. The summed E-state index contributed by atoms with van der Waals surface area (Å²) < 4.78 is 13.9. The maximum atomic E-state index is 13.9. The number of H-pyrrole nitrogens is 1. The number of hydrogen-bond donors (Lipinski definition) is 2. The molecule has 1 fully saturated rings. The maximum absolute atomic E-state index is 13.9. The minimum atomic E-state index is -0.575. The number of anilines is 1. The van der Waals surface area contributed by atoms with Crippen molar-refractivity contribution in [2.45, 2.75) is 18.9 Å². The molecule has 1 atom stereocenters. The molecule has 1 amide bonds. The fourth-order valence-corrected chi connectivity index (χ4v) is 3.65. The van der Waals surface area contributed by atoms with Crippen molar-refractivity contribution in [3.8, 4) is 11.3 Å². The molecular formula is C21H20ClFN4O. The average molecular weight is 399 g/mol. The third-order valence-corrected chi connectivity index (χ3v) is 5.14. The van der Waals surface area contributed by atoms with E-state index in [9.17, 15) is 9.18 Å². The number of nitrogens with zero attached hydrogens (tertiary/aromatic N) is 2. The quantitative estimate of drug-likeness (QED) is 0.690. The van der Waals surface area contributed by atoms with Gasteiger partial charge < -0.3 is 10.2 Å². The van der Waals surface area contributed by atoms with Crippen LogP contribution in [0.3, 0.4) is 0 Å². The number of carbonyl (C=O) groups excluding carboxylic acids is 1. The number of halogens is 2. The molecule has 0 aliphatic carbocycles. The van der Waals surface area contributed by atoms with Gasteiger partial charge in [-0.05, 0) is 36.6 Å². The van der Waals surface area contributed by atoms with Crippen LogP contribution in [0, 0.1) is 5.82 Å². The highest BCUT2D eigenvalue weighted by molar-refractivity contribution is 6.31. The second kappa shape index (κ2) is 8.02. The van der Waals surface area contributed by atoms with Crippen LogP contribution >= 0.6 is 11.6 Å². The van der Waals surface area contributed by atoms with Crippen LogP contribution in [0.4, 0.5) is 10.2 Å². The molecule has 1 aromatic heterocycles. The Morgan fingerprint density at radius 1 is 1.21 bits per heavy atom. The summed E-state index contributed by atoms with van der Waals surface area (Å²) in [4.78, 5) is 14.6. The van der Waals surface area contributed by atoms with Gasteiger partial charge in [0.25, 0.3) is 5.91 Å². The van der Waals surface area contributed by atoms with Crippen LogP contribution in [-0.4, -0.2) is 35.2 Å². The molecule has 28 heavy (non-hydrogen) atoms. The number of nitrogens with one attached hydrogen (secondary N) is 2. The van der Waals surface area contributed by atoms with Gasteiger partial charge in [-0.2, -0.15) is 5.10 Å². The third-order valence-electron chi connectivity index (χ3n) is 4.90. The molecule has 1 aliphatic heterocycles. The van der Waals surface area contributed by atoms with Gasteiger partial charge in [0.15, 0.2) is 5.82 Å². The number of aromatic nitrogens is 2. The topological polar surface area (TPSA) is 61.0 Å². The van der Waals surface area contributed by atoms with E-state index in [0.717, 1.165) is 36.5 Å². The molecule has 2 aromatic carbocycles. The summed E-state index contributed by atoms with van der Waals surface area (Å²) in [6.45, 7) is 1.48. The van der Waals surface area contributed by atoms with Crippen molar-refractivity contribution in [3.05, 3.63) is 71.0 Å². The lowest BCUT2D eigenvalue weighted by atomic mass is 10.0. The molecule has 0 radical (unpaired) electrons. The summed E-state index contributed by atoms with van der Waals surface area (Å²) in [7, 11) is 0. The first-order chi connectivity index (χ1) is 13.6. The van der Waals surface area contributed by atoms with Gasteiger partial charge in [0.2, 0.25) is 0 Å². The molecule has 0 spiro atoms. The number of hydrogen-bond acceptors (Lipinski definition) is 3. The SMILES string of the molecule is O=C(N[C@H]1CCCN(c2cc(-c3ccccc3)[nH]n2)C1)c1cc(Cl)ccc1F. The molecule has 3 aromatic rings. The van der Waals surface area contributed by atoms with Crippen molar-refractivity contribution < 1.29 is 9.18 Å². The molecule has 2 N–H and O–H groups in total. The number of aromatic amines is 1. The van der Waals surface area contributed by atoms with Gasteiger partial charge in [0.1, 0.15) is 5.82 Å². The number of rotatable bonds is 4. The molecule has 0 saturated carbocycles. The van der Waals surface area contributed by atoms with E-state index in [2.05, 4.69) is 20.4 Å². The van der Waals surface area contributed by atoms with Gasteiger partial charge in [-0.15, -0.1) is 0 Å². The molecule has 0 unspecified atom stereocenters. The highest BCUT2D eigenvalue weighted by atomic mass is 35.5. The summed E-state index contributed by atoms with van der Waals surface area (Å²) in [5, 5.41) is 10.8. The van der Waals surface area contributed by atoms with E-state index < -0.39 is 11.7 Å². The Bertz CT molecular complexity index is 976. The first-order valence-corrected chi connectivity index (χ1v) is 9.59. The van der Waals surface area contributed by atoms with Crippen LogP contribution in [0.25, 0.3) is 11.3 Å². The fourth-order valence-electron chi connectivity index (χ4n) is 3.48. The molecule has 5 nitrogen and oxygen atoms in total. The van der Waals surface area contributed by atoms with Gasteiger partial charge >= 0.3 is 0 Å². The van der Waals surface area contributed by atoms with Crippen LogP contribution in [-0.2, 0) is 0 Å². The highest BCUT2D eigenvalue weighted by Gasteiger charge is 2.24. The van der Waals surface area contributed by atoms with Crippen LogP contribution in [0.5, 0.6) is 0 Å².